The Morgan fingerprint density at radius 2 is 2.00 bits per heavy atom. The summed E-state index contributed by atoms with van der Waals surface area (Å²) in [5.74, 6) is -1.54. The van der Waals surface area contributed by atoms with Crippen LogP contribution < -0.4 is 0 Å². The molecule has 3 rings (SSSR count). The maximum atomic E-state index is 13.4. The molecule has 3 nitrogen and oxygen atoms in total. The summed E-state index contributed by atoms with van der Waals surface area (Å²) in [4.78, 5) is 11.2. The van der Waals surface area contributed by atoms with E-state index in [2.05, 4.69) is 0 Å². The molecule has 1 aromatic heterocycles. The molecule has 0 saturated heterocycles. The Kier molecular flexibility index (Phi) is 3.39. The third-order valence-corrected chi connectivity index (χ3v) is 3.68. The van der Waals surface area contributed by atoms with Crippen LogP contribution in [-0.2, 0) is 6.54 Å². The van der Waals surface area contributed by atoms with Gasteiger partial charge in [0.15, 0.2) is 0 Å². The maximum absolute atomic E-state index is 13.4. The molecular weight excluding hydrogens is 293 g/mol. The van der Waals surface area contributed by atoms with E-state index in [0.717, 1.165) is 17.0 Å². The van der Waals surface area contributed by atoms with E-state index in [-0.39, 0.29) is 12.1 Å². The minimum absolute atomic E-state index is 0.0882. The second kappa shape index (κ2) is 5.22. The molecular formula is C16H11ClFNO2. The Hall–Kier alpha value is -2.33. The van der Waals surface area contributed by atoms with Crippen molar-refractivity contribution in [1.29, 1.82) is 0 Å². The molecule has 0 aliphatic carbocycles. The van der Waals surface area contributed by atoms with Crippen LogP contribution in [0.1, 0.15) is 15.9 Å². The highest BCUT2D eigenvalue weighted by atomic mass is 35.5. The van der Waals surface area contributed by atoms with Gasteiger partial charge in [0.1, 0.15) is 5.82 Å². The van der Waals surface area contributed by atoms with Gasteiger partial charge in [0.25, 0.3) is 0 Å². The summed E-state index contributed by atoms with van der Waals surface area (Å²) < 4.78 is 15.2. The second-order valence-electron chi connectivity index (χ2n) is 4.73. The predicted molar refractivity (Wildman–Crippen MR) is 79.4 cm³/mol. The number of aromatic carboxylic acids is 1. The lowest BCUT2D eigenvalue weighted by Crippen LogP contribution is -2.07. The molecule has 0 aliphatic rings. The van der Waals surface area contributed by atoms with Crippen molar-refractivity contribution in [3.63, 3.8) is 0 Å². The zero-order valence-electron chi connectivity index (χ0n) is 10.9. The van der Waals surface area contributed by atoms with Gasteiger partial charge in [0.05, 0.1) is 10.6 Å². The minimum Gasteiger partial charge on any atom is -0.478 e. The molecule has 0 aliphatic heterocycles. The molecule has 3 aromatic rings. The van der Waals surface area contributed by atoms with Crippen LogP contribution in [-0.4, -0.2) is 15.6 Å². The number of para-hydroxylation sites is 1. The fourth-order valence-corrected chi connectivity index (χ4v) is 2.70. The van der Waals surface area contributed by atoms with Crippen molar-refractivity contribution in [1.82, 2.24) is 4.57 Å². The zero-order valence-corrected chi connectivity index (χ0v) is 11.6. The fourth-order valence-electron chi connectivity index (χ4n) is 2.42. The lowest BCUT2D eigenvalue weighted by molar-refractivity contribution is 0.0695. The normalized spacial score (nSPS) is 11.0. The zero-order chi connectivity index (χ0) is 15.0. The van der Waals surface area contributed by atoms with Crippen molar-refractivity contribution < 1.29 is 14.3 Å². The van der Waals surface area contributed by atoms with Crippen LogP contribution in [0.3, 0.4) is 0 Å². The molecule has 1 N–H and O–H groups in total. The molecule has 21 heavy (non-hydrogen) atoms. The van der Waals surface area contributed by atoms with Gasteiger partial charge in [-0.15, -0.1) is 0 Å². The van der Waals surface area contributed by atoms with Crippen LogP contribution in [0.25, 0.3) is 10.9 Å². The highest BCUT2D eigenvalue weighted by molar-refractivity contribution is 6.35. The third-order valence-electron chi connectivity index (χ3n) is 3.38. The number of fused-ring (bicyclic) bond motifs is 1. The van der Waals surface area contributed by atoms with E-state index in [1.54, 1.807) is 6.20 Å². The van der Waals surface area contributed by atoms with Crippen LogP contribution in [0, 0.1) is 5.82 Å². The van der Waals surface area contributed by atoms with Gasteiger partial charge in [0, 0.05) is 23.6 Å². The minimum atomic E-state index is -1.08. The summed E-state index contributed by atoms with van der Waals surface area (Å²) >= 11 is 6.17. The lowest BCUT2D eigenvalue weighted by atomic mass is 10.1. The molecule has 0 atom stereocenters. The molecule has 0 saturated carbocycles. The van der Waals surface area contributed by atoms with Gasteiger partial charge in [0.2, 0.25) is 0 Å². The molecule has 1 heterocycles. The van der Waals surface area contributed by atoms with Gasteiger partial charge in [-0.2, -0.15) is 0 Å². The van der Waals surface area contributed by atoms with Crippen LogP contribution in [0.2, 0.25) is 5.02 Å². The number of carboxylic acids is 1. The Bertz CT molecular complexity index is 841. The Labute approximate surface area is 125 Å². The number of carbonyl (C=O) groups is 1. The smallest absolute Gasteiger partial charge is 0.336 e. The molecule has 2 aromatic carbocycles. The first-order valence-corrected chi connectivity index (χ1v) is 6.69. The SMILES string of the molecule is O=C(O)c1ccc(F)cc1Cn1cc(Cl)c2ccccc21. The first-order valence-electron chi connectivity index (χ1n) is 6.31. The largest absolute Gasteiger partial charge is 0.478 e. The van der Waals surface area contributed by atoms with Crippen molar-refractivity contribution in [2.75, 3.05) is 0 Å². The summed E-state index contributed by atoms with van der Waals surface area (Å²) in [6, 6.07) is 11.2. The highest BCUT2D eigenvalue weighted by Crippen LogP contribution is 2.26. The van der Waals surface area contributed by atoms with Gasteiger partial charge in [-0.1, -0.05) is 29.8 Å². The van der Waals surface area contributed by atoms with E-state index >= 15 is 0 Å². The number of benzene rings is 2. The van der Waals surface area contributed by atoms with Crippen LogP contribution in [0.4, 0.5) is 4.39 Å². The lowest BCUT2D eigenvalue weighted by Gasteiger charge is -2.09. The number of hydrogen-bond donors (Lipinski definition) is 1. The van der Waals surface area contributed by atoms with Gasteiger partial charge in [-0.25, -0.2) is 9.18 Å². The summed E-state index contributed by atoms with van der Waals surface area (Å²) in [6.45, 7) is 0.243. The predicted octanol–water partition coefficient (Wildman–Crippen LogP) is 4.18. The summed E-state index contributed by atoms with van der Waals surface area (Å²) in [7, 11) is 0. The first-order chi connectivity index (χ1) is 10.1. The number of hydrogen-bond acceptors (Lipinski definition) is 1. The van der Waals surface area contributed by atoms with Crippen LogP contribution in [0.15, 0.2) is 48.7 Å². The first kappa shape index (κ1) is 13.6. The molecule has 0 radical (unpaired) electrons. The fraction of sp³-hybridized carbons (Fsp3) is 0.0625. The van der Waals surface area contributed by atoms with E-state index in [4.69, 9.17) is 11.6 Å². The second-order valence-corrected chi connectivity index (χ2v) is 5.14. The summed E-state index contributed by atoms with van der Waals surface area (Å²) in [5, 5.41) is 10.7. The van der Waals surface area contributed by atoms with E-state index in [9.17, 15) is 14.3 Å². The third kappa shape index (κ3) is 2.50. The van der Waals surface area contributed by atoms with Crippen molar-refractivity contribution in [3.8, 4) is 0 Å². The molecule has 0 fully saturated rings. The average Bonchev–Trinajstić information content (AvgIpc) is 2.76. The van der Waals surface area contributed by atoms with Crippen molar-refractivity contribution >= 4 is 28.5 Å². The van der Waals surface area contributed by atoms with E-state index in [1.807, 2.05) is 28.8 Å². The van der Waals surface area contributed by atoms with Crippen LogP contribution in [0.5, 0.6) is 0 Å². The van der Waals surface area contributed by atoms with Crippen molar-refractivity contribution in [3.05, 3.63) is 70.6 Å². The molecule has 5 heteroatoms. The maximum Gasteiger partial charge on any atom is 0.336 e. The molecule has 0 spiro atoms. The standard InChI is InChI=1S/C16H11ClFNO2/c17-14-9-19(15-4-2-1-3-13(14)15)8-10-7-11(18)5-6-12(10)16(20)21/h1-7,9H,8H2,(H,20,21). The number of aromatic nitrogens is 1. The molecule has 0 unspecified atom stereocenters. The Morgan fingerprint density at radius 3 is 2.76 bits per heavy atom. The van der Waals surface area contributed by atoms with Crippen molar-refractivity contribution in [2.45, 2.75) is 6.54 Å². The molecule has 106 valence electrons. The molecule has 0 bridgehead atoms. The highest BCUT2D eigenvalue weighted by Gasteiger charge is 2.13. The van der Waals surface area contributed by atoms with Gasteiger partial charge < -0.3 is 9.67 Å². The quantitative estimate of drug-likeness (QED) is 0.788. The summed E-state index contributed by atoms with van der Waals surface area (Å²) in [5.41, 5.74) is 1.37. The van der Waals surface area contributed by atoms with E-state index in [1.165, 1.54) is 12.1 Å². The van der Waals surface area contributed by atoms with E-state index in [0.29, 0.717) is 10.6 Å². The van der Waals surface area contributed by atoms with E-state index < -0.39 is 11.8 Å². The van der Waals surface area contributed by atoms with Gasteiger partial charge >= 0.3 is 5.97 Å². The molecule has 0 amide bonds. The monoisotopic (exact) mass is 303 g/mol. The number of carboxylic acid groups (broad SMARTS) is 1. The van der Waals surface area contributed by atoms with Crippen molar-refractivity contribution in [2.24, 2.45) is 0 Å². The number of rotatable bonds is 3. The van der Waals surface area contributed by atoms with Gasteiger partial charge in [-0.05, 0) is 29.8 Å². The topological polar surface area (TPSA) is 42.2 Å². The number of nitrogens with zero attached hydrogens (tertiary/aromatic N) is 1. The van der Waals surface area contributed by atoms with Gasteiger partial charge in [-0.3, -0.25) is 0 Å². The Morgan fingerprint density at radius 1 is 1.24 bits per heavy atom. The average molecular weight is 304 g/mol. The number of halogens is 2. The Balaban J connectivity index is 2.11. The summed E-state index contributed by atoms with van der Waals surface area (Å²) in [6.07, 6.45) is 1.72. The van der Waals surface area contributed by atoms with Crippen LogP contribution >= 0.6 is 11.6 Å².